The van der Waals surface area contributed by atoms with Crippen molar-refractivity contribution in [3.8, 4) is 0 Å². The minimum atomic E-state index is -0.541. The Hall–Kier alpha value is -2.97. The number of carbonyl (C=O) groups excluding carboxylic acids is 2. The molecule has 0 fully saturated rings. The number of hydrogen-bond acceptors (Lipinski definition) is 6. The molecule has 0 radical (unpaired) electrons. The van der Waals surface area contributed by atoms with Gasteiger partial charge in [0, 0.05) is 31.2 Å². The van der Waals surface area contributed by atoms with Crippen LogP contribution >= 0.6 is 11.3 Å². The van der Waals surface area contributed by atoms with E-state index in [9.17, 15) is 14.4 Å². The van der Waals surface area contributed by atoms with Gasteiger partial charge in [-0.25, -0.2) is 0 Å². The number of thiophene rings is 1. The largest absolute Gasteiger partial charge is 0.451 e. The van der Waals surface area contributed by atoms with E-state index in [0.717, 1.165) is 48.1 Å². The number of ether oxygens (including phenoxy) is 1. The molecule has 4 rings (SSSR count). The number of anilines is 1. The summed E-state index contributed by atoms with van der Waals surface area (Å²) in [6.45, 7) is 3.06. The van der Waals surface area contributed by atoms with Gasteiger partial charge in [-0.05, 0) is 61.8 Å². The van der Waals surface area contributed by atoms with E-state index in [1.54, 1.807) is 19.2 Å². The summed E-state index contributed by atoms with van der Waals surface area (Å²) in [6, 6.07) is 6.61. The topological polar surface area (TPSA) is 97.6 Å². The van der Waals surface area contributed by atoms with Crippen LogP contribution in [-0.4, -0.2) is 32.1 Å². The van der Waals surface area contributed by atoms with Gasteiger partial charge in [-0.3, -0.25) is 14.4 Å². The van der Waals surface area contributed by atoms with Crippen molar-refractivity contribution in [1.82, 2.24) is 5.32 Å². The van der Waals surface area contributed by atoms with Gasteiger partial charge in [-0.2, -0.15) is 0 Å². The summed E-state index contributed by atoms with van der Waals surface area (Å²) < 4.78 is 10.8. The van der Waals surface area contributed by atoms with Crippen LogP contribution in [0.15, 0.2) is 33.5 Å². The zero-order chi connectivity index (χ0) is 23.4. The van der Waals surface area contributed by atoms with Crippen LogP contribution in [0.3, 0.4) is 0 Å². The molecule has 8 heteroatoms. The van der Waals surface area contributed by atoms with Crippen molar-refractivity contribution in [1.29, 1.82) is 0 Å². The molecule has 0 spiro atoms. The molecule has 1 aliphatic carbocycles. The highest BCUT2D eigenvalue weighted by Gasteiger charge is 2.27. The lowest BCUT2D eigenvalue weighted by Crippen LogP contribution is -2.27. The summed E-state index contributed by atoms with van der Waals surface area (Å²) in [5, 5.41) is 6.73. The predicted octanol–water partition coefficient (Wildman–Crippen LogP) is 4.31. The molecule has 1 aliphatic rings. The molecule has 0 bridgehead atoms. The Labute approximate surface area is 196 Å². The van der Waals surface area contributed by atoms with E-state index in [-0.39, 0.29) is 17.1 Å². The van der Waals surface area contributed by atoms with Gasteiger partial charge < -0.3 is 19.8 Å². The Balaban J connectivity index is 1.62. The maximum atomic E-state index is 13.0. The molecule has 1 aromatic carbocycles. The maximum absolute atomic E-state index is 13.0. The van der Waals surface area contributed by atoms with Gasteiger partial charge in [0.15, 0.2) is 11.2 Å². The Morgan fingerprint density at radius 2 is 1.97 bits per heavy atom. The molecule has 2 amide bonds. The number of aryl methyl sites for hydroxylation is 2. The van der Waals surface area contributed by atoms with E-state index >= 15 is 0 Å². The van der Waals surface area contributed by atoms with Gasteiger partial charge in [0.25, 0.3) is 11.8 Å². The average Bonchev–Trinajstić information content (AvgIpc) is 3.19. The molecular formula is C25H28N2O5S. The zero-order valence-electron chi connectivity index (χ0n) is 18.9. The van der Waals surface area contributed by atoms with Crippen LogP contribution in [0.4, 0.5) is 5.00 Å². The van der Waals surface area contributed by atoms with Crippen molar-refractivity contribution in [2.75, 3.05) is 25.6 Å². The first-order valence-electron chi connectivity index (χ1n) is 11.3. The molecule has 174 valence electrons. The highest BCUT2D eigenvalue weighted by molar-refractivity contribution is 7.17. The van der Waals surface area contributed by atoms with Crippen LogP contribution in [0.5, 0.6) is 0 Å². The second kappa shape index (κ2) is 10.3. The van der Waals surface area contributed by atoms with Crippen LogP contribution in [0, 0.1) is 0 Å². The van der Waals surface area contributed by atoms with Crippen LogP contribution in [-0.2, 0) is 24.0 Å². The second-order valence-corrected chi connectivity index (χ2v) is 9.24. The van der Waals surface area contributed by atoms with Gasteiger partial charge in [0.2, 0.25) is 0 Å². The molecule has 2 aromatic heterocycles. The molecule has 0 saturated heterocycles. The highest BCUT2D eigenvalue weighted by atomic mass is 32.1. The van der Waals surface area contributed by atoms with Crippen molar-refractivity contribution in [2.24, 2.45) is 0 Å². The lowest BCUT2D eigenvalue weighted by molar-refractivity contribution is 0.0948. The monoisotopic (exact) mass is 468 g/mol. The van der Waals surface area contributed by atoms with Crippen LogP contribution in [0.1, 0.15) is 63.1 Å². The van der Waals surface area contributed by atoms with E-state index in [2.05, 4.69) is 10.6 Å². The summed E-state index contributed by atoms with van der Waals surface area (Å²) in [5.74, 6) is -0.817. The Bertz CT molecular complexity index is 1240. The molecule has 7 nitrogen and oxygen atoms in total. The number of nitrogens with one attached hydrogen (secondary N) is 2. The van der Waals surface area contributed by atoms with Crippen LogP contribution in [0.2, 0.25) is 0 Å². The molecular weight excluding hydrogens is 440 g/mol. The third-order valence-corrected chi connectivity index (χ3v) is 7.07. The van der Waals surface area contributed by atoms with Crippen molar-refractivity contribution >= 4 is 39.1 Å². The molecule has 33 heavy (non-hydrogen) atoms. The van der Waals surface area contributed by atoms with Gasteiger partial charge in [0.1, 0.15) is 10.6 Å². The highest BCUT2D eigenvalue weighted by Crippen LogP contribution is 2.38. The molecule has 0 atom stereocenters. The van der Waals surface area contributed by atoms with Crippen molar-refractivity contribution < 1.29 is 18.7 Å². The first-order valence-corrected chi connectivity index (χ1v) is 12.1. The number of hydrogen-bond donors (Lipinski definition) is 2. The maximum Gasteiger partial charge on any atom is 0.292 e. The quantitative estimate of drug-likeness (QED) is 0.480. The van der Waals surface area contributed by atoms with Gasteiger partial charge >= 0.3 is 0 Å². The number of methoxy groups -OCH3 is 1. The summed E-state index contributed by atoms with van der Waals surface area (Å²) >= 11 is 1.43. The third kappa shape index (κ3) is 5.02. The first kappa shape index (κ1) is 23.2. The summed E-state index contributed by atoms with van der Waals surface area (Å²) in [6.07, 6.45) is 5.29. The summed E-state index contributed by atoms with van der Waals surface area (Å²) in [4.78, 5) is 39.8. The lowest BCUT2D eigenvalue weighted by Gasteiger charge is -2.13. The Kier molecular flexibility index (Phi) is 7.25. The number of rotatable bonds is 8. The first-order chi connectivity index (χ1) is 16.0. The number of fused-ring (bicyclic) bond motifs is 2. The van der Waals surface area contributed by atoms with Crippen molar-refractivity contribution in [3.05, 3.63) is 61.8 Å². The lowest BCUT2D eigenvalue weighted by atomic mass is 9.95. The normalized spacial score (nSPS) is 13.0. The smallest absolute Gasteiger partial charge is 0.292 e. The standard InChI is InChI=1S/C25H28N2O5S/c1-3-15-9-10-19-17(13-15)18(28)14-20(32-19)23(29)27-25-22(24(30)26-11-6-12-31-2)16-7-4-5-8-21(16)33-25/h9-10,13-14H,3-8,11-12H2,1-2H3,(H,26,30)(H,27,29). The molecule has 0 aliphatic heterocycles. The molecule has 0 saturated carbocycles. The molecule has 3 aromatic rings. The third-order valence-electron chi connectivity index (χ3n) is 5.86. The van der Waals surface area contributed by atoms with Crippen LogP contribution in [0.25, 0.3) is 11.0 Å². The zero-order valence-corrected chi connectivity index (χ0v) is 19.7. The van der Waals surface area contributed by atoms with E-state index in [1.807, 2.05) is 13.0 Å². The van der Waals surface area contributed by atoms with E-state index in [1.165, 1.54) is 17.4 Å². The molecule has 2 heterocycles. The van der Waals surface area contributed by atoms with Crippen molar-refractivity contribution in [2.45, 2.75) is 45.4 Å². The fourth-order valence-electron chi connectivity index (χ4n) is 4.10. The Morgan fingerprint density at radius 3 is 2.76 bits per heavy atom. The molecule has 2 N–H and O–H groups in total. The minimum absolute atomic E-state index is 0.0745. The second-order valence-electron chi connectivity index (χ2n) is 8.13. The predicted molar refractivity (Wildman–Crippen MR) is 130 cm³/mol. The minimum Gasteiger partial charge on any atom is -0.451 e. The van der Waals surface area contributed by atoms with E-state index < -0.39 is 5.91 Å². The number of amides is 2. The number of carbonyl (C=O) groups is 2. The van der Waals surface area contributed by atoms with E-state index in [4.69, 9.17) is 9.15 Å². The van der Waals surface area contributed by atoms with Gasteiger partial charge in [-0.15, -0.1) is 11.3 Å². The summed E-state index contributed by atoms with van der Waals surface area (Å²) in [5.41, 5.74) is 2.66. The van der Waals surface area contributed by atoms with Gasteiger partial charge in [0.05, 0.1) is 10.9 Å². The van der Waals surface area contributed by atoms with E-state index in [0.29, 0.717) is 41.1 Å². The average molecular weight is 469 g/mol. The fourth-order valence-corrected chi connectivity index (χ4v) is 5.38. The summed E-state index contributed by atoms with van der Waals surface area (Å²) in [7, 11) is 1.62. The van der Waals surface area contributed by atoms with Gasteiger partial charge in [-0.1, -0.05) is 13.0 Å². The fraction of sp³-hybridized carbons (Fsp3) is 0.400. The van der Waals surface area contributed by atoms with Crippen LogP contribution < -0.4 is 16.1 Å². The SMILES string of the molecule is CCc1ccc2oc(C(=O)Nc3sc4c(c3C(=O)NCCCOC)CCCC4)cc(=O)c2c1. The Morgan fingerprint density at radius 1 is 1.15 bits per heavy atom. The number of benzene rings is 1. The molecule has 0 unspecified atom stereocenters. The van der Waals surface area contributed by atoms with Crippen molar-refractivity contribution in [3.63, 3.8) is 0 Å².